The molecule has 1 heterocycles. The van der Waals surface area contributed by atoms with E-state index < -0.39 is 0 Å². The van der Waals surface area contributed by atoms with Crippen LogP contribution in [-0.4, -0.2) is 56.6 Å². The summed E-state index contributed by atoms with van der Waals surface area (Å²) in [4.78, 5) is 4.86. The zero-order chi connectivity index (χ0) is 14.5. The van der Waals surface area contributed by atoms with Crippen LogP contribution in [0.15, 0.2) is 18.2 Å². The van der Waals surface area contributed by atoms with Gasteiger partial charge in [-0.05, 0) is 44.6 Å². The van der Waals surface area contributed by atoms with Crippen molar-refractivity contribution in [2.45, 2.75) is 19.4 Å². The molecule has 1 N–H and O–H groups in total. The topological polar surface area (TPSA) is 18.5 Å². The van der Waals surface area contributed by atoms with E-state index in [2.05, 4.69) is 22.2 Å². The number of halogens is 1. The maximum Gasteiger partial charge on any atom is 0.126 e. The Morgan fingerprint density at radius 3 is 2.55 bits per heavy atom. The molecule has 0 saturated carbocycles. The summed E-state index contributed by atoms with van der Waals surface area (Å²) in [5.74, 6) is -0.109. The molecule has 0 radical (unpaired) electrons. The van der Waals surface area contributed by atoms with Gasteiger partial charge in [-0.3, -0.25) is 0 Å². The van der Waals surface area contributed by atoms with Crippen LogP contribution in [0.3, 0.4) is 0 Å². The van der Waals surface area contributed by atoms with E-state index in [4.69, 9.17) is 0 Å². The number of piperazine rings is 1. The van der Waals surface area contributed by atoms with E-state index >= 15 is 0 Å². The third-order valence-electron chi connectivity index (χ3n) is 4.28. The van der Waals surface area contributed by atoms with Gasteiger partial charge >= 0.3 is 0 Å². The third-order valence-corrected chi connectivity index (χ3v) is 4.28. The van der Waals surface area contributed by atoms with Crippen molar-refractivity contribution in [1.29, 1.82) is 0 Å². The quantitative estimate of drug-likeness (QED) is 0.890. The second-order valence-electron chi connectivity index (χ2n) is 5.78. The van der Waals surface area contributed by atoms with Gasteiger partial charge in [0.25, 0.3) is 0 Å². The van der Waals surface area contributed by atoms with E-state index in [0.29, 0.717) is 5.56 Å². The second-order valence-corrected chi connectivity index (χ2v) is 5.78. The number of hydrogen-bond donors (Lipinski definition) is 1. The van der Waals surface area contributed by atoms with Gasteiger partial charge in [-0.25, -0.2) is 4.39 Å². The molecule has 0 aliphatic carbocycles. The van der Waals surface area contributed by atoms with Crippen molar-refractivity contribution in [3.05, 3.63) is 35.1 Å². The first kappa shape index (κ1) is 15.4. The number of likely N-dealkylation sites (N-methyl/N-ethyl adjacent to an activating group) is 1. The Labute approximate surface area is 121 Å². The highest BCUT2D eigenvalue weighted by atomic mass is 19.1. The molecular formula is C16H26FN3. The maximum atomic E-state index is 13.7. The molecule has 2 rings (SSSR count). The predicted octanol–water partition coefficient (Wildman–Crippen LogP) is 2.03. The summed E-state index contributed by atoms with van der Waals surface area (Å²) in [6.45, 7) is 7.42. The molecule has 0 spiro atoms. The zero-order valence-corrected chi connectivity index (χ0v) is 12.8. The Morgan fingerprint density at radius 2 is 1.95 bits per heavy atom. The first-order chi connectivity index (χ1) is 9.60. The van der Waals surface area contributed by atoms with Crippen LogP contribution in [0, 0.1) is 12.7 Å². The van der Waals surface area contributed by atoms with E-state index in [0.717, 1.165) is 44.7 Å². The Balaban J connectivity index is 1.90. The summed E-state index contributed by atoms with van der Waals surface area (Å²) in [5.41, 5.74) is 1.76. The van der Waals surface area contributed by atoms with Gasteiger partial charge in [0.1, 0.15) is 5.82 Å². The van der Waals surface area contributed by atoms with Gasteiger partial charge in [0, 0.05) is 38.8 Å². The molecule has 0 amide bonds. The van der Waals surface area contributed by atoms with Crippen LogP contribution in [0.1, 0.15) is 23.6 Å². The number of benzene rings is 1. The lowest BCUT2D eigenvalue weighted by Crippen LogP contribution is -2.45. The van der Waals surface area contributed by atoms with Crippen LogP contribution in [0.4, 0.5) is 4.39 Å². The Morgan fingerprint density at radius 1 is 1.25 bits per heavy atom. The van der Waals surface area contributed by atoms with Crippen molar-refractivity contribution in [2.75, 3.05) is 46.8 Å². The fourth-order valence-electron chi connectivity index (χ4n) is 2.69. The van der Waals surface area contributed by atoms with Crippen molar-refractivity contribution in [2.24, 2.45) is 0 Å². The van der Waals surface area contributed by atoms with E-state index in [1.807, 2.05) is 19.2 Å². The average molecular weight is 279 g/mol. The standard InChI is InChI=1S/C16H26FN3/c1-13-4-5-14(12-15(13)17)16(18-2)6-7-20-10-8-19(3)9-11-20/h4-5,12,16,18H,6-11H2,1-3H3. The maximum absolute atomic E-state index is 13.7. The smallest absolute Gasteiger partial charge is 0.126 e. The molecule has 1 aliphatic rings. The molecular weight excluding hydrogens is 253 g/mol. The average Bonchev–Trinajstić information content (AvgIpc) is 2.45. The fraction of sp³-hybridized carbons (Fsp3) is 0.625. The van der Waals surface area contributed by atoms with Gasteiger partial charge < -0.3 is 15.1 Å². The molecule has 1 aromatic rings. The van der Waals surface area contributed by atoms with Gasteiger partial charge in [-0.2, -0.15) is 0 Å². The van der Waals surface area contributed by atoms with Crippen LogP contribution >= 0.6 is 0 Å². The van der Waals surface area contributed by atoms with Crippen molar-refractivity contribution >= 4 is 0 Å². The fourth-order valence-corrected chi connectivity index (χ4v) is 2.69. The molecule has 4 heteroatoms. The third kappa shape index (κ3) is 4.01. The van der Waals surface area contributed by atoms with Crippen LogP contribution in [0.25, 0.3) is 0 Å². The van der Waals surface area contributed by atoms with Gasteiger partial charge in [0.2, 0.25) is 0 Å². The second kappa shape index (κ2) is 7.16. The monoisotopic (exact) mass is 279 g/mol. The lowest BCUT2D eigenvalue weighted by Gasteiger charge is -2.33. The minimum Gasteiger partial charge on any atom is -0.313 e. The molecule has 1 saturated heterocycles. The van der Waals surface area contributed by atoms with Crippen LogP contribution in [-0.2, 0) is 0 Å². The molecule has 1 atom stereocenters. The van der Waals surface area contributed by atoms with Crippen molar-refractivity contribution < 1.29 is 4.39 Å². The predicted molar refractivity (Wildman–Crippen MR) is 81.5 cm³/mol. The molecule has 1 fully saturated rings. The molecule has 112 valence electrons. The number of aryl methyl sites for hydroxylation is 1. The Kier molecular flexibility index (Phi) is 5.52. The largest absolute Gasteiger partial charge is 0.313 e. The SMILES string of the molecule is CNC(CCN1CCN(C)CC1)c1ccc(C)c(F)c1. The summed E-state index contributed by atoms with van der Waals surface area (Å²) in [6, 6.07) is 5.79. The molecule has 1 aromatic carbocycles. The molecule has 20 heavy (non-hydrogen) atoms. The summed E-state index contributed by atoms with van der Waals surface area (Å²) in [7, 11) is 4.12. The van der Waals surface area contributed by atoms with Crippen LogP contribution in [0.5, 0.6) is 0 Å². The van der Waals surface area contributed by atoms with Gasteiger partial charge in [-0.1, -0.05) is 12.1 Å². The van der Waals surface area contributed by atoms with Crippen LogP contribution in [0.2, 0.25) is 0 Å². The highest BCUT2D eigenvalue weighted by Crippen LogP contribution is 2.20. The zero-order valence-electron chi connectivity index (χ0n) is 12.8. The molecule has 1 unspecified atom stereocenters. The van der Waals surface area contributed by atoms with Gasteiger partial charge in [0.05, 0.1) is 0 Å². The molecule has 0 aromatic heterocycles. The van der Waals surface area contributed by atoms with E-state index in [1.165, 1.54) is 0 Å². The van der Waals surface area contributed by atoms with E-state index in [9.17, 15) is 4.39 Å². The first-order valence-electron chi connectivity index (χ1n) is 7.44. The number of nitrogens with zero attached hydrogens (tertiary/aromatic N) is 2. The van der Waals surface area contributed by atoms with Crippen LogP contribution < -0.4 is 5.32 Å². The molecule has 1 aliphatic heterocycles. The van der Waals surface area contributed by atoms with E-state index in [1.54, 1.807) is 13.0 Å². The number of hydrogen-bond acceptors (Lipinski definition) is 3. The van der Waals surface area contributed by atoms with Gasteiger partial charge in [0.15, 0.2) is 0 Å². The molecule has 0 bridgehead atoms. The highest BCUT2D eigenvalue weighted by Gasteiger charge is 2.16. The normalized spacial score (nSPS) is 19.2. The highest BCUT2D eigenvalue weighted by molar-refractivity contribution is 5.25. The van der Waals surface area contributed by atoms with Crippen molar-refractivity contribution in [1.82, 2.24) is 15.1 Å². The first-order valence-corrected chi connectivity index (χ1v) is 7.44. The molecule has 3 nitrogen and oxygen atoms in total. The Hall–Kier alpha value is -0.970. The summed E-state index contributed by atoms with van der Waals surface area (Å²) in [5, 5.41) is 3.31. The summed E-state index contributed by atoms with van der Waals surface area (Å²) in [6.07, 6.45) is 1.02. The number of nitrogens with one attached hydrogen (secondary N) is 1. The minimum absolute atomic E-state index is 0.109. The summed E-state index contributed by atoms with van der Waals surface area (Å²) >= 11 is 0. The lowest BCUT2D eigenvalue weighted by atomic mass is 10.0. The lowest BCUT2D eigenvalue weighted by molar-refractivity contribution is 0.149. The summed E-state index contributed by atoms with van der Waals surface area (Å²) < 4.78 is 13.7. The van der Waals surface area contributed by atoms with Crippen molar-refractivity contribution in [3.8, 4) is 0 Å². The number of rotatable bonds is 5. The van der Waals surface area contributed by atoms with Crippen molar-refractivity contribution in [3.63, 3.8) is 0 Å². The minimum atomic E-state index is -0.109. The Bertz CT molecular complexity index is 428. The van der Waals surface area contributed by atoms with Gasteiger partial charge in [-0.15, -0.1) is 0 Å². The van der Waals surface area contributed by atoms with E-state index in [-0.39, 0.29) is 11.9 Å².